The highest BCUT2D eigenvalue weighted by Crippen LogP contribution is 2.27. The van der Waals surface area contributed by atoms with Crippen LogP contribution in [0.15, 0.2) is 11.3 Å². The fourth-order valence-electron chi connectivity index (χ4n) is 2.82. The van der Waals surface area contributed by atoms with Gasteiger partial charge in [0, 0.05) is 11.7 Å². The first-order chi connectivity index (χ1) is 8.31. The number of ether oxygens (including phenoxy) is 1. The van der Waals surface area contributed by atoms with Gasteiger partial charge in [-0.05, 0) is 45.4 Å². The quantitative estimate of drug-likeness (QED) is 0.764. The van der Waals surface area contributed by atoms with Crippen LogP contribution in [0.3, 0.4) is 0 Å². The number of rotatable bonds is 4. The Kier molecular flexibility index (Phi) is 4.46. The summed E-state index contributed by atoms with van der Waals surface area (Å²) in [5.41, 5.74) is 2.08. The van der Waals surface area contributed by atoms with E-state index in [0.29, 0.717) is 12.6 Å². The van der Waals surface area contributed by atoms with Crippen LogP contribution in [0.1, 0.15) is 58.3 Å². The zero-order valence-corrected chi connectivity index (χ0v) is 10.8. The lowest BCUT2D eigenvalue weighted by atomic mass is 9.95. The fourth-order valence-corrected chi connectivity index (χ4v) is 2.82. The minimum atomic E-state index is -0.104. The van der Waals surface area contributed by atoms with E-state index in [1.165, 1.54) is 37.8 Å². The van der Waals surface area contributed by atoms with Crippen LogP contribution in [0.25, 0.3) is 0 Å². The van der Waals surface area contributed by atoms with Gasteiger partial charge in [0.15, 0.2) is 0 Å². The number of esters is 1. The first kappa shape index (κ1) is 12.5. The van der Waals surface area contributed by atoms with Crippen molar-refractivity contribution in [2.24, 2.45) is 0 Å². The molecule has 1 fully saturated rings. The second-order valence-electron chi connectivity index (χ2n) is 5.01. The highest BCUT2D eigenvalue weighted by molar-refractivity contribution is 5.89. The molecule has 0 bridgehead atoms. The summed E-state index contributed by atoms with van der Waals surface area (Å²) in [5.74, 6) is -0.104. The van der Waals surface area contributed by atoms with E-state index in [1.807, 2.05) is 6.92 Å². The Labute approximate surface area is 104 Å². The monoisotopic (exact) mass is 237 g/mol. The van der Waals surface area contributed by atoms with Crippen LogP contribution in [0.5, 0.6) is 0 Å². The Morgan fingerprint density at radius 1 is 1.24 bits per heavy atom. The van der Waals surface area contributed by atoms with Gasteiger partial charge in [-0.3, -0.25) is 0 Å². The van der Waals surface area contributed by atoms with Crippen molar-refractivity contribution in [3.63, 3.8) is 0 Å². The number of allylic oxidation sites excluding steroid dienone is 1. The van der Waals surface area contributed by atoms with E-state index < -0.39 is 0 Å². The van der Waals surface area contributed by atoms with Crippen LogP contribution in [0.4, 0.5) is 0 Å². The maximum absolute atomic E-state index is 11.9. The normalized spacial score (nSPS) is 21.7. The Morgan fingerprint density at radius 2 is 1.94 bits per heavy atom. The second-order valence-corrected chi connectivity index (χ2v) is 5.01. The first-order valence-electron chi connectivity index (χ1n) is 6.97. The maximum Gasteiger partial charge on any atom is 0.335 e. The van der Waals surface area contributed by atoms with Gasteiger partial charge in [0.2, 0.25) is 0 Å². The number of carbonyl (C=O) groups is 1. The van der Waals surface area contributed by atoms with Crippen LogP contribution in [-0.2, 0) is 9.53 Å². The highest BCUT2D eigenvalue weighted by atomic mass is 16.5. The van der Waals surface area contributed by atoms with Gasteiger partial charge in [-0.15, -0.1) is 0 Å². The summed E-state index contributed by atoms with van der Waals surface area (Å²) >= 11 is 0. The third-order valence-corrected chi connectivity index (χ3v) is 3.72. The summed E-state index contributed by atoms with van der Waals surface area (Å²) in [6.45, 7) is 2.34. The van der Waals surface area contributed by atoms with Crippen molar-refractivity contribution in [2.45, 2.75) is 64.3 Å². The van der Waals surface area contributed by atoms with Crippen molar-refractivity contribution in [1.29, 1.82) is 0 Å². The lowest BCUT2D eigenvalue weighted by Crippen LogP contribution is -2.29. The maximum atomic E-state index is 11.9. The molecular weight excluding hydrogens is 214 g/mol. The van der Waals surface area contributed by atoms with Crippen molar-refractivity contribution < 1.29 is 9.53 Å². The van der Waals surface area contributed by atoms with Crippen molar-refractivity contribution >= 4 is 5.97 Å². The van der Waals surface area contributed by atoms with E-state index in [-0.39, 0.29) is 5.97 Å². The van der Waals surface area contributed by atoms with Gasteiger partial charge in [-0.2, -0.15) is 0 Å². The number of hydrogen-bond acceptors (Lipinski definition) is 3. The molecule has 0 spiro atoms. The van der Waals surface area contributed by atoms with Gasteiger partial charge >= 0.3 is 5.97 Å². The molecule has 0 aromatic carbocycles. The molecule has 96 valence electrons. The SMILES string of the molecule is CCOC(=O)C1=C(NC2CCCC2)CCCC1. The molecule has 0 aromatic rings. The van der Waals surface area contributed by atoms with Gasteiger partial charge in [0.25, 0.3) is 0 Å². The van der Waals surface area contributed by atoms with Crippen LogP contribution in [-0.4, -0.2) is 18.6 Å². The zero-order chi connectivity index (χ0) is 12.1. The van der Waals surface area contributed by atoms with Crippen LogP contribution >= 0.6 is 0 Å². The average Bonchev–Trinajstić information content (AvgIpc) is 2.83. The van der Waals surface area contributed by atoms with Gasteiger partial charge in [0.05, 0.1) is 12.2 Å². The lowest BCUT2D eigenvalue weighted by Gasteiger charge is -2.23. The van der Waals surface area contributed by atoms with Crippen LogP contribution < -0.4 is 5.32 Å². The average molecular weight is 237 g/mol. The van der Waals surface area contributed by atoms with Crippen molar-refractivity contribution in [3.8, 4) is 0 Å². The summed E-state index contributed by atoms with van der Waals surface area (Å²) in [5, 5.41) is 3.59. The second kappa shape index (κ2) is 6.08. The minimum absolute atomic E-state index is 0.104. The van der Waals surface area contributed by atoms with E-state index in [0.717, 1.165) is 24.8 Å². The Morgan fingerprint density at radius 3 is 2.65 bits per heavy atom. The highest BCUT2D eigenvalue weighted by Gasteiger charge is 2.23. The van der Waals surface area contributed by atoms with Crippen molar-refractivity contribution in [2.75, 3.05) is 6.61 Å². The molecule has 2 aliphatic carbocycles. The lowest BCUT2D eigenvalue weighted by molar-refractivity contribution is -0.138. The minimum Gasteiger partial charge on any atom is -0.463 e. The van der Waals surface area contributed by atoms with Gasteiger partial charge < -0.3 is 10.1 Å². The third kappa shape index (κ3) is 3.24. The molecule has 2 rings (SSSR count). The van der Waals surface area contributed by atoms with Crippen LogP contribution in [0, 0.1) is 0 Å². The third-order valence-electron chi connectivity index (χ3n) is 3.72. The zero-order valence-electron chi connectivity index (χ0n) is 10.8. The molecule has 0 amide bonds. The number of nitrogens with one attached hydrogen (secondary N) is 1. The number of hydrogen-bond donors (Lipinski definition) is 1. The Balaban J connectivity index is 2.04. The molecule has 0 aliphatic heterocycles. The number of carbonyl (C=O) groups excluding carboxylic acids is 1. The van der Waals surface area contributed by atoms with Crippen molar-refractivity contribution in [1.82, 2.24) is 5.32 Å². The summed E-state index contributed by atoms with van der Waals surface area (Å²) in [6.07, 6.45) is 9.35. The van der Waals surface area contributed by atoms with E-state index in [9.17, 15) is 4.79 Å². The fraction of sp³-hybridized carbons (Fsp3) is 0.786. The summed E-state index contributed by atoms with van der Waals surface area (Å²) in [4.78, 5) is 11.9. The largest absolute Gasteiger partial charge is 0.463 e. The van der Waals surface area contributed by atoms with E-state index in [1.54, 1.807) is 0 Å². The smallest absolute Gasteiger partial charge is 0.335 e. The molecule has 17 heavy (non-hydrogen) atoms. The molecule has 1 N–H and O–H groups in total. The van der Waals surface area contributed by atoms with Crippen molar-refractivity contribution in [3.05, 3.63) is 11.3 Å². The summed E-state index contributed by atoms with van der Waals surface area (Å²) in [7, 11) is 0. The van der Waals surface area contributed by atoms with E-state index >= 15 is 0 Å². The van der Waals surface area contributed by atoms with Gasteiger partial charge in [-0.1, -0.05) is 12.8 Å². The molecule has 1 saturated carbocycles. The molecule has 0 radical (unpaired) electrons. The first-order valence-corrected chi connectivity index (χ1v) is 6.97. The predicted octanol–water partition coefficient (Wildman–Crippen LogP) is 2.91. The Hall–Kier alpha value is -0.990. The molecule has 3 heteroatoms. The predicted molar refractivity (Wildman–Crippen MR) is 67.5 cm³/mol. The van der Waals surface area contributed by atoms with E-state index in [2.05, 4.69) is 5.32 Å². The molecular formula is C14H23NO2. The molecule has 3 nitrogen and oxygen atoms in total. The van der Waals surface area contributed by atoms with Gasteiger partial charge in [-0.25, -0.2) is 4.79 Å². The molecule has 0 heterocycles. The molecule has 2 aliphatic rings. The summed E-state index contributed by atoms with van der Waals surface area (Å²) in [6, 6.07) is 0.590. The summed E-state index contributed by atoms with van der Waals surface area (Å²) < 4.78 is 5.14. The standard InChI is InChI=1S/C14H23NO2/c1-2-17-14(16)12-9-5-6-10-13(12)15-11-7-3-4-8-11/h11,15H,2-10H2,1H3. The molecule has 0 atom stereocenters. The molecule has 0 unspecified atom stereocenters. The molecule has 0 saturated heterocycles. The molecule has 0 aromatic heterocycles. The Bertz CT molecular complexity index is 303. The van der Waals surface area contributed by atoms with Crippen LogP contribution in [0.2, 0.25) is 0 Å². The van der Waals surface area contributed by atoms with Gasteiger partial charge in [0.1, 0.15) is 0 Å². The topological polar surface area (TPSA) is 38.3 Å². The van der Waals surface area contributed by atoms with E-state index in [4.69, 9.17) is 4.74 Å².